The van der Waals surface area contributed by atoms with E-state index in [1.54, 1.807) is 18.0 Å². The Morgan fingerprint density at radius 3 is 2.83 bits per heavy atom. The molecule has 1 amide bonds. The summed E-state index contributed by atoms with van der Waals surface area (Å²) < 4.78 is 5.13. The van der Waals surface area contributed by atoms with Crippen molar-refractivity contribution in [1.82, 2.24) is 5.16 Å². The topological polar surface area (TPSA) is 72.4 Å². The maximum Gasteiger partial charge on any atom is 0.234 e. The molecule has 1 aromatic heterocycles. The van der Waals surface area contributed by atoms with Crippen LogP contribution in [0.1, 0.15) is 18.4 Å². The van der Waals surface area contributed by atoms with Crippen LogP contribution in [0.15, 0.2) is 28.8 Å². The van der Waals surface area contributed by atoms with Gasteiger partial charge in [-0.1, -0.05) is 5.16 Å². The summed E-state index contributed by atoms with van der Waals surface area (Å²) in [5.41, 5.74) is 8.37. The van der Waals surface area contributed by atoms with Crippen molar-refractivity contribution in [2.45, 2.75) is 12.8 Å². The Kier molecular flexibility index (Phi) is 2.16. The molecule has 1 atom stereocenters. The number of nitrogens with two attached hydrogens (primary N) is 1. The molecule has 2 aromatic rings. The van der Waals surface area contributed by atoms with Crippen LogP contribution < -0.4 is 10.6 Å². The van der Waals surface area contributed by atoms with Crippen LogP contribution in [0.3, 0.4) is 0 Å². The van der Waals surface area contributed by atoms with E-state index in [0.29, 0.717) is 11.6 Å². The Hall–Kier alpha value is -2.30. The van der Waals surface area contributed by atoms with Crippen molar-refractivity contribution in [3.05, 3.63) is 29.8 Å². The molecule has 1 aliphatic heterocycles. The van der Waals surface area contributed by atoms with Crippen LogP contribution in [0, 0.1) is 0 Å². The zero-order chi connectivity index (χ0) is 12.9. The van der Waals surface area contributed by atoms with Gasteiger partial charge >= 0.3 is 0 Å². The first-order valence-corrected chi connectivity index (χ1v) is 5.72. The number of carbonyl (C=O) groups is 1. The summed E-state index contributed by atoms with van der Waals surface area (Å²) >= 11 is 0. The highest BCUT2D eigenvalue weighted by atomic mass is 16.5. The largest absolute Gasteiger partial charge is 0.381 e. The van der Waals surface area contributed by atoms with Gasteiger partial charge in [-0.15, -0.1) is 0 Å². The minimum absolute atomic E-state index is 0.110. The zero-order valence-electron chi connectivity index (χ0n) is 10.2. The minimum Gasteiger partial charge on any atom is -0.381 e. The first-order chi connectivity index (χ1) is 8.58. The maximum absolute atomic E-state index is 11.9. The lowest BCUT2D eigenvalue weighted by molar-refractivity contribution is -0.118. The van der Waals surface area contributed by atoms with Gasteiger partial charge in [-0.2, -0.15) is 0 Å². The van der Waals surface area contributed by atoms with E-state index < -0.39 is 0 Å². The van der Waals surface area contributed by atoms with Gasteiger partial charge in [0.05, 0.1) is 5.92 Å². The average Bonchev–Trinajstić information content (AvgIpc) is 2.89. The van der Waals surface area contributed by atoms with E-state index in [2.05, 4.69) is 5.16 Å². The SMILES string of the molecule is CC1C(=O)N(C)c2ccc(-c3cc(N)no3)cc21. The second-order valence-corrected chi connectivity index (χ2v) is 4.51. The molecule has 18 heavy (non-hydrogen) atoms. The van der Waals surface area contributed by atoms with Crippen molar-refractivity contribution in [1.29, 1.82) is 0 Å². The number of amides is 1. The monoisotopic (exact) mass is 243 g/mol. The van der Waals surface area contributed by atoms with Gasteiger partial charge in [0.15, 0.2) is 11.6 Å². The molecule has 0 saturated heterocycles. The summed E-state index contributed by atoms with van der Waals surface area (Å²) in [5.74, 6) is 0.959. The van der Waals surface area contributed by atoms with E-state index in [1.165, 1.54) is 0 Å². The highest BCUT2D eigenvalue weighted by Gasteiger charge is 2.31. The summed E-state index contributed by atoms with van der Waals surface area (Å²) in [6.07, 6.45) is 0. The van der Waals surface area contributed by atoms with Crippen LogP contribution in [-0.4, -0.2) is 18.1 Å². The molecule has 0 saturated carbocycles. The Bertz CT molecular complexity index is 633. The Morgan fingerprint density at radius 1 is 1.39 bits per heavy atom. The molecule has 5 nitrogen and oxygen atoms in total. The fraction of sp³-hybridized carbons (Fsp3) is 0.231. The number of likely N-dealkylation sites (N-methyl/N-ethyl adjacent to an activating group) is 1. The van der Waals surface area contributed by atoms with E-state index >= 15 is 0 Å². The molecule has 0 fully saturated rings. The lowest BCUT2D eigenvalue weighted by Crippen LogP contribution is -2.22. The summed E-state index contributed by atoms with van der Waals surface area (Å²) in [5, 5.41) is 3.66. The van der Waals surface area contributed by atoms with Gasteiger partial charge in [0.25, 0.3) is 0 Å². The molecule has 2 heterocycles. The lowest BCUT2D eigenvalue weighted by atomic mass is 10.00. The first-order valence-electron chi connectivity index (χ1n) is 5.72. The lowest BCUT2D eigenvalue weighted by Gasteiger charge is -2.09. The molecule has 5 heteroatoms. The number of anilines is 2. The van der Waals surface area contributed by atoms with Gasteiger partial charge in [0.1, 0.15) is 0 Å². The predicted octanol–water partition coefficient (Wildman–Crippen LogP) is 2.00. The minimum atomic E-state index is -0.120. The Balaban J connectivity index is 2.10. The number of carbonyl (C=O) groups excluding carboxylic acids is 1. The average molecular weight is 243 g/mol. The van der Waals surface area contributed by atoms with Gasteiger partial charge in [-0.25, -0.2) is 0 Å². The Morgan fingerprint density at radius 2 is 2.17 bits per heavy atom. The fourth-order valence-electron chi connectivity index (χ4n) is 2.33. The summed E-state index contributed by atoms with van der Waals surface area (Å²) in [6.45, 7) is 1.91. The van der Waals surface area contributed by atoms with Crippen molar-refractivity contribution in [3.63, 3.8) is 0 Å². The molecular weight excluding hydrogens is 230 g/mol. The molecule has 0 spiro atoms. The van der Waals surface area contributed by atoms with E-state index in [-0.39, 0.29) is 11.8 Å². The third-order valence-corrected chi connectivity index (χ3v) is 3.37. The normalized spacial score (nSPS) is 18.2. The molecule has 2 N–H and O–H groups in total. The molecule has 0 bridgehead atoms. The molecule has 92 valence electrons. The van der Waals surface area contributed by atoms with Gasteiger partial charge in [0, 0.05) is 24.4 Å². The number of hydrogen-bond acceptors (Lipinski definition) is 4. The number of rotatable bonds is 1. The molecule has 3 rings (SSSR count). The smallest absolute Gasteiger partial charge is 0.234 e. The molecule has 0 radical (unpaired) electrons. The van der Waals surface area contributed by atoms with Gasteiger partial charge in [0.2, 0.25) is 5.91 Å². The van der Waals surface area contributed by atoms with E-state index in [4.69, 9.17) is 10.3 Å². The highest BCUT2D eigenvalue weighted by molar-refractivity contribution is 6.04. The van der Waals surface area contributed by atoms with Crippen LogP contribution >= 0.6 is 0 Å². The maximum atomic E-state index is 11.9. The zero-order valence-corrected chi connectivity index (χ0v) is 10.2. The summed E-state index contributed by atoms with van der Waals surface area (Å²) in [7, 11) is 1.79. The van der Waals surface area contributed by atoms with Crippen molar-refractivity contribution in [2.24, 2.45) is 0 Å². The van der Waals surface area contributed by atoms with Crippen LogP contribution in [0.4, 0.5) is 11.5 Å². The van der Waals surface area contributed by atoms with Crippen molar-refractivity contribution >= 4 is 17.4 Å². The van der Waals surface area contributed by atoms with Crippen LogP contribution in [0.5, 0.6) is 0 Å². The van der Waals surface area contributed by atoms with Gasteiger partial charge in [-0.05, 0) is 30.7 Å². The van der Waals surface area contributed by atoms with E-state index in [1.807, 2.05) is 25.1 Å². The van der Waals surface area contributed by atoms with Crippen LogP contribution in [0.25, 0.3) is 11.3 Å². The predicted molar refractivity (Wildman–Crippen MR) is 68.2 cm³/mol. The first kappa shape index (κ1) is 10.8. The quantitative estimate of drug-likeness (QED) is 0.831. The third-order valence-electron chi connectivity index (χ3n) is 3.37. The molecule has 1 aromatic carbocycles. The van der Waals surface area contributed by atoms with Crippen LogP contribution in [0.2, 0.25) is 0 Å². The Labute approximate surface area is 104 Å². The molecule has 1 unspecified atom stereocenters. The highest BCUT2D eigenvalue weighted by Crippen LogP contribution is 2.38. The van der Waals surface area contributed by atoms with E-state index in [9.17, 15) is 4.79 Å². The number of fused-ring (bicyclic) bond motifs is 1. The number of hydrogen-bond donors (Lipinski definition) is 1. The standard InChI is InChI=1S/C13H13N3O2/c1-7-9-5-8(11-6-12(14)15-18-11)3-4-10(9)16(2)13(7)17/h3-7H,1-2H3,(H2,14,15). The van der Waals surface area contributed by atoms with Crippen LogP contribution in [-0.2, 0) is 4.79 Å². The number of aromatic nitrogens is 1. The number of benzene rings is 1. The number of nitrogens with zero attached hydrogens (tertiary/aromatic N) is 2. The molecular formula is C13H13N3O2. The van der Waals surface area contributed by atoms with Gasteiger partial charge in [-0.3, -0.25) is 4.79 Å². The van der Waals surface area contributed by atoms with Gasteiger partial charge < -0.3 is 15.2 Å². The van der Waals surface area contributed by atoms with Crippen molar-refractivity contribution in [3.8, 4) is 11.3 Å². The molecule has 0 aliphatic carbocycles. The summed E-state index contributed by atoms with van der Waals surface area (Å²) in [4.78, 5) is 13.6. The third kappa shape index (κ3) is 1.40. The van der Waals surface area contributed by atoms with Crippen molar-refractivity contribution < 1.29 is 9.32 Å². The fourth-order valence-corrected chi connectivity index (χ4v) is 2.33. The van der Waals surface area contributed by atoms with Crippen molar-refractivity contribution in [2.75, 3.05) is 17.7 Å². The second kappa shape index (κ2) is 3.60. The molecule has 1 aliphatic rings. The summed E-state index contributed by atoms with van der Waals surface area (Å²) in [6, 6.07) is 7.46. The van der Waals surface area contributed by atoms with E-state index in [0.717, 1.165) is 16.8 Å². The number of nitrogen functional groups attached to an aromatic ring is 1. The second-order valence-electron chi connectivity index (χ2n) is 4.51.